The smallest absolute Gasteiger partial charge is 0.412 e. The first-order valence-electron chi connectivity index (χ1n) is 6.73. The number of halogens is 1. The number of hydrogen-bond acceptors (Lipinski definition) is 4. The summed E-state index contributed by atoms with van der Waals surface area (Å²) in [7, 11) is 0. The Labute approximate surface area is 138 Å². The first-order chi connectivity index (χ1) is 10.5. The number of aliphatic carboxylic acids is 2. The van der Waals surface area contributed by atoms with Crippen molar-refractivity contribution in [3.63, 3.8) is 0 Å². The minimum Gasteiger partial charge on any atom is -0.481 e. The Morgan fingerprint density at radius 3 is 2.35 bits per heavy atom. The molecule has 1 amide bonds. The van der Waals surface area contributed by atoms with E-state index in [1.807, 2.05) is 0 Å². The summed E-state index contributed by atoms with van der Waals surface area (Å²) in [6.45, 7) is 5.10. The van der Waals surface area contributed by atoms with Gasteiger partial charge in [-0.05, 0) is 44.5 Å². The maximum absolute atomic E-state index is 11.7. The van der Waals surface area contributed by atoms with Gasteiger partial charge in [-0.3, -0.25) is 14.9 Å². The van der Waals surface area contributed by atoms with Crippen molar-refractivity contribution in [2.75, 3.05) is 5.32 Å². The number of amides is 1. The van der Waals surface area contributed by atoms with Crippen LogP contribution in [0.1, 0.15) is 38.7 Å². The van der Waals surface area contributed by atoms with Gasteiger partial charge in [0.1, 0.15) is 5.60 Å². The Balaban J connectivity index is 3.04. The molecule has 0 aromatic heterocycles. The highest BCUT2D eigenvalue weighted by atomic mass is 35.5. The lowest BCUT2D eigenvalue weighted by atomic mass is 9.95. The van der Waals surface area contributed by atoms with Gasteiger partial charge in [-0.1, -0.05) is 11.6 Å². The average molecular weight is 344 g/mol. The minimum absolute atomic E-state index is 0.105. The van der Waals surface area contributed by atoms with E-state index in [0.29, 0.717) is 0 Å². The topological polar surface area (TPSA) is 113 Å². The van der Waals surface area contributed by atoms with Crippen molar-refractivity contribution in [1.82, 2.24) is 0 Å². The predicted octanol–water partition coefficient (Wildman–Crippen LogP) is 3.33. The molecule has 1 unspecified atom stereocenters. The number of hydrogen-bond donors (Lipinski definition) is 3. The van der Waals surface area contributed by atoms with Gasteiger partial charge in [0.25, 0.3) is 0 Å². The molecule has 0 saturated carbocycles. The molecule has 0 radical (unpaired) electrons. The van der Waals surface area contributed by atoms with E-state index in [4.69, 9.17) is 21.4 Å². The zero-order valence-corrected chi connectivity index (χ0v) is 13.7. The molecule has 1 aromatic rings. The third-order valence-electron chi connectivity index (χ3n) is 2.69. The van der Waals surface area contributed by atoms with Crippen molar-refractivity contribution in [2.24, 2.45) is 0 Å². The van der Waals surface area contributed by atoms with Gasteiger partial charge in [-0.2, -0.15) is 0 Å². The summed E-state index contributed by atoms with van der Waals surface area (Å²) in [6.07, 6.45) is -1.33. The largest absolute Gasteiger partial charge is 0.481 e. The number of anilines is 1. The molecule has 23 heavy (non-hydrogen) atoms. The molecule has 1 atom stereocenters. The highest BCUT2D eigenvalue weighted by Crippen LogP contribution is 2.30. The van der Waals surface area contributed by atoms with Crippen molar-refractivity contribution >= 4 is 35.3 Å². The van der Waals surface area contributed by atoms with Crippen molar-refractivity contribution < 1.29 is 29.3 Å². The van der Waals surface area contributed by atoms with Gasteiger partial charge < -0.3 is 14.9 Å². The van der Waals surface area contributed by atoms with E-state index in [1.54, 1.807) is 20.8 Å². The van der Waals surface area contributed by atoms with Crippen LogP contribution in [-0.2, 0) is 14.3 Å². The molecular weight excluding hydrogens is 326 g/mol. The molecule has 0 aliphatic heterocycles. The first kappa shape index (κ1) is 18.8. The molecule has 0 fully saturated rings. The van der Waals surface area contributed by atoms with Gasteiger partial charge in [0.15, 0.2) is 0 Å². The number of nitrogens with one attached hydrogen (secondary N) is 1. The van der Waals surface area contributed by atoms with Crippen LogP contribution in [0.4, 0.5) is 10.5 Å². The lowest BCUT2D eigenvalue weighted by molar-refractivity contribution is -0.145. The van der Waals surface area contributed by atoms with E-state index in [1.165, 1.54) is 18.2 Å². The van der Waals surface area contributed by atoms with Crippen LogP contribution in [0.15, 0.2) is 18.2 Å². The summed E-state index contributed by atoms with van der Waals surface area (Å²) < 4.78 is 5.09. The summed E-state index contributed by atoms with van der Waals surface area (Å²) in [4.78, 5) is 33.8. The monoisotopic (exact) mass is 343 g/mol. The Kier molecular flexibility index (Phi) is 5.98. The van der Waals surface area contributed by atoms with Gasteiger partial charge in [-0.25, -0.2) is 4.79 Å². The molecular formula is C15H18ClNO6. The Morgan fingerprint density at radius 1 is 1.26 bits per heavy atom. The maximum Gasteiger partial charge on any atom is 0.412 e. The van der Waals surface area contributed by atoms with Crippen LogP contribution in [0.2, 0.25) is 5.02 Å². The molecule has 0 aliphatic rings. The molecule has 3 N–H and O–H groups in total. The van der Waals surface area contributed by atoms with Crippen LogP contribution in [0, 0.1) is 0 Å². The second-order valence-corrected chi connectivity index (χ2v) is 6.26. The molecule has 0 spiro atoms. The molecule has 1 rings (SSSR count). The van der Waals surface area contributed by atoms with Crippen molar-refractivity contribution in [3.8, 4) is 0 Å². The fourth-order valence-corrected chi connectivity index (χ4v) is 2.06. The number of rotatable bonds is 5. The molecule has 0 aliphatic carbocycles. The van der Waals surface area contributed by atoms with Crippen LogP contribution in [0.25, 0.3) is 0 Å². The molecule has 0 heterocycles. The standard InChI is InChI=1S/C15H18ClNO6/c1-15(2,3)23-14(22)17-8-4-5-11(16)9(6-8)10(13(20)21)7-12(18)19/h4-6,10H,7H2,1-3H3,(H,17,22)(H,18,19)(H,20,21). The molecule has 0 bridgehead atoms. The molecule has 0 saturated heterocycles. The maximum atomic E-state index is 11.7. The number of carboxylic acids is 2. The van der Waals surface area contributed by atoms with E-state index in [-0.39, 0.29) is 16.3 Å². The van der Waals surface area contributed by atoms with Gasteiger partial charge in [0, 0.05) is 10.7 Å². The molecule has 126 valence electrons. The summed E-state index contributed by atoms with van der Waals surface area (Å²) in [5, 5.41) is 20.6. The zero-order chi connectivity index (χ0) is 17.8. The lowest BCUT2D eigenvalue weighted by Gasteiger charge is -2.20. The van der Waals surface area contributed by atoms with Crippen LogP contribution < -0.4 is 5.32 Å². The second kappa shape index (κ2) is 7.32. The van der Waals surface area contributed by atoms with Gasteiger partial charge in [0.05, 0.1) is 12.3 Å². The minimum atomic E-state index is -1.32. The SMILES string of the molecule is CC(C)(C)OC(=O)Nc1ccc(Cl)c(C(CC(=O)O)C(=O)O)c1. The van der Waals surface area contributed by atoms with Crippen molar-refractivity contribution in [3.05, 3.63) is 28.8 Å². The summed E-state index contributed by atoms with van der Waals surface area (Å²) in [5.41, 5.74) is -0.322. The Morgan fingerprint density at radius 2 is 1.87 bits per heavy atom. The zero-order valence-electron chi connectivity index (χ0n) is 12.9. The fraction of sp³-hybridized carbons (Fsp3) is 0.400. The summed E-state index contributed by atoms with van der Waals surface area (Å²) in [6, 6.07) is 4.19. The number of benzene rings is 1. The van der Waals surface area contributed by atoms with E-state index in [9.17, 15) is 19.5 Å². The first-order valence-corrected chi connectivity index (χ1v) is 7.11. The highest BCUT2D eigenvalue weighted by Gasteiger charge is 2.26. The summed E-state index contributed by atoms with van der Waals surface area (Å²) >= 11 is 5.96. The van der Waals surface area contributed by atoms with Crippen LogP contribution in [0.3, 0.4) is 0 Å². The molecule has 8 heteroatoms. The number of carbonyl (C=O) groups is 3. The molecule has 1 aromatic carbocycles. The third-order valence-corrected chi connectivity index (χ3v) is 3.04. The van der Waals surface area contributed by atoms with Crippen molar-refractivity contribution in [1.29, 1.82) is 0 Å². The normalized spacial score (nSPS) is 12.3. The van der Waals surface area contributed by atoms with E-state index in [2.05, 4.69) is 5.32 Å². The Bertz CT molecular complexity index is 623. The number of carbonyl (C=O) groups excluding carboxylic acids is 1. The fourth-order valence-electron chi connectivity index (χ4n) is 1.81. The predicted molar refractivity (Wildman–Crippen MR) is 83.9 cm³/mol. The van der Waals surface area contributed by atoms with Crippen LogP contribution >= 0.6 is 11.6 Å². The second-order valence-electron chi connectivity index (χ2n) is 5.85. The van der Waals surface area contributed by atoms with Gasteiger partial charge in [-0.15, -0.1) is 0 Å². The van der Waals surface area contributed by atoms with Crippen molar-refractivity contribution in [2.45, 2.75) is 38.7 Å². The van der Waals surface area contributed by atoms with Crippen LogP contribution in [0.5, 0.6) is 0 Å². The van der Waals surface area contributed by atoms with Gasteiger partial charge in [0.2, 0.25) is 0 Å². The number of ether oxygens (including phenoxy) is 1. The van der Waals surface area contributed by atoms with E-state index >= 15 is 0 Å². The van der Waals surface area contributed by atoms with Gasteiger partial charge >= 0.3 is 18.0 Å². The van der Waals surface area contributed by atoms with Crippen LogP contribution in [-0.4, -0.2) is 33.8 Å². The van der Waals surface area contributed by atoms with E-state index < -0.39 is 36.0 Å². The average Bonchev–Trinajstić information content (AvgIpc) is 2.35. The highest BCUT2D eigenvalue weighted by molar-refractivity contribution is 6.31. The summed E-state index contributed by atoms with van der Waals surface area (Å²) in [5.74, 6) is -3.90. The number of carboxylic acid groups (broad SMARTS) is 2. The quantitative estimate of drug-likeness (QED) is 0.755. The lowest BCUT2D eigenvalue weighted by Crippen LogP contribution is -2.27. The third kappa shape index (κ3) is 6.15. The Hall–Kier alpha value is -2.28. The van der Waals surface area contributed by atoms with E-state index in [0.717, 1.165) is 0 Å². The molecule has 7 nitrogen and oxygen atoms in total.